The first-order valence-electron chi connectivity index (χ1n) is 14.9. The van der Waals surface area contributed by atoms with Gasteiger partial charge in [-0.05, 0) is 127 Å². The maximum absolute atomic E-state index is 12.1. The Kier molecular flexibility index (Phi) is 11.0. The van der Waals surface area contributed by atoms with Crippen LogP contribution in [0.2, 0.25) is 0 Å². The molecule has 2 atom stereocenters. The molecule has 0 radical (unpaired) electrons. The van der Waals surface area contributed by atoms with E-state index in [1.165, 1.54) is 19.3 Å². The van der Waals surface area contributed by atoms with Crippen LogP contribution < -0.4 is 0 Å². The van der Waals surface area contributed by atoms with Gasteiger partial charge in [0.25, 0.3) is 0 Å². The summed E-state index contributed by atoms with van der Waals surface area (Å²) < 4.78 is 0. The Hall–Kier alpha value is -1.43. The van der Waals surface area contributed by atoms with Crippen LogP contribution in [0.3, 0.4) is 0 Å². The molecule has 1 aliphatic heterocycles. The number of carbonyl (C=O) groups is 1. The molecule has 0 aromatic rings. The van der Waals surface area contributed by atoms with Crippen molar-refractivity contribution < 1.29 is 20.1 Å². The van der Waals surface area contributed by atoms with Crippen molar-refractivity contribution in [2.75, 3.05) is 19.6 Å². The monoisotopic (exact) mass is 515 g/mol. The van der Waals surface area contributed by atoms with E-state index < -0.39 is 17.0 Å². The molecule has 0 aromatic heterocycles. The molecule has 37 heavy (non-hydrogen) atoms. The van der Waals surface area contributed by atoms with Gasteiger partial charge in [0.1, 0.15) is 0 Å². The second-order valence-corrected chi connectivity index (χ2v) is 12.7. The van der Waals surface area contributed by atoms with Gasteiger partial charge in [0.05, 0.1) is 17.1 Å². The van der Waals surface area contributed by atoms with Crippen molar-refractivity contribution in [3.63, 3.8) is 0 Å². The number of allylic oxidation sites excluding steroid dienone is 2. The molecule has 5 heteroatoms. The number of carboxylic acids is 1. The smallest absolute Gasteiger partial charge is 0.309 e. The molecule has 5 nitrogen and oxygen atoms in total. The van der Waals surface area contributed by atoms with Crippen molar-refractivity contribution in [3.8, 4) is 0 Å². The Balaban J connectivity index is 1.44. The standard InChI is InChI=1S/C32H53NO4/c1-5-6-11-24(2)32(37,27-12-8-7-9-13-27)28-19-22-33(23-20-28)21-10-14-29(34)25-15-17-26(18-16-25)31(3,4)30(35)36/h5-6,11,25-29,34,37H,1-2,7-10,12-23H2,3-4H3,(H,35,36)/b11-6-/t25?,26?,29-,32?/m1/s1. The summed E-state index contributed by atoms with van der Waals surface area (Å²) in [6.07, 6.45) is 18.6. The summed E-state index contributed by atoms with van der Waals surface area (Å²) in [6.45, 7) is 14.7. The number of likely N-dealkylation sites (tertiary alicyclic amines) is 1. The first kappa shape index (κ1) is 30.1. The van der Waals surface area contributed by atoms with Crippen molar-refractivity contribution in [3.05, 3.63) is 37.0 Å². The maximum Gasteiger partial charge on any atom is 0.309 e. The number of hydrogen-bond donors (Lipinski definition) is 3. The highest BCUT2D eigenvalue weighted by atomic mass is 16.4. The highest BCUT2D eigenvalue weighted by Crippen LogP contribution is 2.45. The second-order valence-electron chi connectivity index (χ2n) is 12.7. The van der Waals surface area contributed by atoms with E-state index in [1.54, 1.807) is 6.08 Å². The van der Waals surface area contributed by atoms with Gasteiger partial charge < -0.3 is 20.2 Å². The van der Waals surface area contributed by atoms with Crippen LogP contribution in [0.15, 0.2) is 37.0 Å². The summed E-state index contributed by atoms with van der Waals surface area (Å²) in [5.41, 5.74) is -0.655. The van der Waals surface area contributed by atoms with Crippen molar-refractivity contribution >= 4 is 5.97 Å². The van der Waals surface area contributed by atoms with Gasteiger partial charge in [0.15, 0.2) is 0 Å². The third kappa shape index (κ3) is 7.36. The summed E-state index contributed by atoms with van der Waals surface area (Å²) in [5, 5.41) is 32.4. The van der Waals surface area contributed by atoms with Crippen molar-refractivity contribution in [1.82, 2.24) is 4.90 Å². The Morgan fingerprint density at radius 3 is 2.14 bits per heavy atom. The molecule has 3 rings (SSSR count). The SMILES string of the molecule is C=C/C=C\C(=C)C(O)(C1CCCCC1)C1CCN(CCC[C@@H](O)C2CCC(C(C)(C)C(=O)O)CC2)CC1. The molecular formula is C32H53NO4. The van der Waals surface area contributed by atoms with Gasteiger partial charge in [0, 0.05) is 0 Å². The fraction of sp³-hybridized carbons (Fsp3) is 0.781. The average molecular weight is 516 g/mol. The van der Waals surface area contributed by atoms with E-state index in [2.05, 4.69) is 18.1 Å². The van der Waals surface area contributed by atoms with Crippen LogP contribution in [0.4, 0.5) is 0 Å². The van der Waals surface area contributed by atoms with Crippen molar-refractivity contribution in [2.24, 2.45) is 29.1 Å². The zero-order valence-corrected chi connectivity index (χ0v) is 23.5. The number of aliphatic hydroxyl groups is 2. The van der Waals surface area contributed by atoms with Crippen LogP contribution >= 0.6 is 0 Å². The average Bonchev–Trinajstić information content (AvgIpc) is 2.92. The van der Waals surface area contributed by atoms with E-state index in [9.17, 15) is 20.1 Å². The molecule has 3 fully saturated rings. The zero-order valence-electron chi connectivity index (χ0n) is 23.5. The summed E-state index contributed by atoms with van der Waals surface area (Å²) >= 11 is 0. The van der Waals surface area contributed by atoms with Gasteiger partial charge in [-0.15, -0.1) is 0 Å². The lowest BCUT2D eigenvalue weighted by atomic mass is 9.64. The molecule has 210 valence electrons. The summed E-state index contributed by atoms with van der Waals surface area (Å²) in [4.78, 5) is 14.1. The highest BCUT2D eigenvalue weighted by molar-refractivity contribution is 5.74. The maximum atomic E-state index is 12.1. The summed E-state index contributed by atoms with van der Waals surface area (Å²) in [5.74, 6) is 0.322. The van der Waals surface area contributed by atoms with E-state index in [-0.39, 0.29) is 17.9 Å². The van der Waals surface area contributed by atoms with Crippen molar-refractivity contribution in [1.29, 1.82) is 0 Å². The Morgan fingerprint density at radius 1 is 0.973 bits per heavy atom. The molecular weight excluding hydrogens is 462 g/mol. The van der Waals surface area contributed by atoms with E-state index in [0.29, 0.717) is 11.8 Å². The molecule has 1 saturated heterocycles. The number of aliphatic hydroxyl groups excluding tert-OH is 1. The Bertz CT molecular complexity index is 783. The lowest BCUT2D eigenvalue weighted by molar-refractivity contribution is -0.151. The summed E-state index contributed by atoms with van der Waals surface area (Å²) in [7, 11) is 0. The highest BCUT2D eigenvalue weighted by Gasteiger charge is 2.46. The lowest BCUT2D eigenvalue weighted by Crippen LogP contribution is -2.51. The second kappa shape index (κ2) is 13.6. The lowest BCUT2D eigenvalue weighted by Gasteiger charge is -2.47. The van der Waals surface area contributed by atoms with E-state index in [0.717, 1.165) is 89.4 Å². The van der Waals surface area contributed by atoms with E-state index in [4.69, 9.17) is 0 Å². The number of rotatable bonds is 12. The molecule has 3 aliphatic rings. The molecule has 1 unspecified atom stereocenters. The predicted molar refractivity (Wildman–Crippen MR) is 151 cm³/mol. The fourth-order valence-corrected chi connectivity index (χ4v) is 7.47. The number of carboxylic acid groups (broad SMARTS) is 1. The molecule has 3 N–H and O–H groups in total. The van der Waals surface area contributed by atoms with Gasteiger partial charge in [0.2, 0.25) is 0 Å². The quantitative estimate of drug-likeness (QED) is 0.263. The van der Waals surface area contributed by atoms with Gasteiger partial charge in [-0.25, -0.2) is 0 Å². The number of piperidine rings is 1. The third-order valence-electron chi connectivity index (χ3n) is 10.2. The number of aliphatic carboxylic acids is 1. The van der Waals surface area contributed by atoms with Crippen LogP contribution in [-0.2, 0) is 4.79 Å². The molecule has 0 spiro atoms. The van der Waals surface area contributed by atoms with Gasteiger partial charge in [-0.1, -0.05) is 50.6 Å². The van der Waals surface area contributed by atoms with E-state index in [1.807, 2.05) is 26.0 Å². The fourth-order valence-electron chi connectivity index (χ4n) is 7.47. The first-order valence-corrected chi connectivity index (χ1v) is 14.9. The molecule has 2 saturated carbocycles. The molecule has 2 aliphatic carbocycles. The van der Waals surface area contributed by atoms with Crippen LogP contribution in [0.5, 0.6) is 0 Å². The molecule has 0 amide bonds. The summed E-state index contributed by atoms with van der Waals surface area (Å²) in [6, 6.07) is 0. The minimum atomic E-state index is -0.823. The van der Waals surface area contributed by atoms with Crippen LogP contribution in [0, 0.1) is 29.1 Å². The Labute approximate surface area is 225 Å². The molecule has 1 heterocycles. The molecule has 0 bridgehead atoms. The Morgan fingerprint density at radius 2 is 1.57 bits per heavy atom. The third-order valence-corrected chi connectivity index (χ3v) is 10.2. The first-order chi connectivity index (χ1) is 17.6. The number of nitrogens with zero attached hydrogens (tertiary/aromatic N) is 1. The van der Waals surface area contributed by atoms with Crippen molar-refractivity contribution in [2.45, 2.75) is 109 Å². The zero-order chi connectivity index (χ0) is 27.1. The number of hydrogen-bond acceptors (Lipinski definition) is 4. The van der Waals surface area contributed by atoms with Gasteiger partial charge >= 0.3 is 5.97 Å². The minimum absolute atomic E-state index is 0.199. The van der Waals surface area contributed by atoms with Crippen LogP contribution in [0.25, 0.3) is 0 Å². The minimum Gasteiger partial charge on any atom is -0.481 e. The van der Waals surface area contributed by atoms with Crippen LogP contribution in [-0.4, -0.2) is 57.5 Å². The predicted octanol–water partition coefficient (Wildman–Crippen LogP) is 6.37. The van der Waals surface area contributed by atoms with E-state index >= 15 is 0 Å². The topological polar surface area (TPSA) is 81.0 Å². The normalized spacial score (nSPS) is 27.6. The van der Waals surface area contributed by atoms with Gasteiger partial charge in [-0.3, -0.25) is 4.79 Å². The van der Waals surface area contributed by atoms with Gasteiger partial charge in [-0.2, -0.15) is 0 Å². The largest absolute Gasteiger partial charge is 0.481 e. The van der Waals surface area contributed by atoms with Crippen LogP contribution in [0.1, 0.15) is 97.3 Å². The molecule has 0 aromatic carbocycles.